The fourth-order valence-electron chi connectivity index (χ4n) is 3.24. The van der Waals surface area contributed by atoms with Crippen molar-refractivity contribution < 1.29 is 59.1 Å². The molecule has 0 aromatic rings. The zero-order valence-corrected chi connectivity index (χ0v) is 17.4. The van der Waals surface area contributed by atoms with E-state index >= 15 is 0 Å². The zero-order valence-electron chi connectivity index (χ0n) is 17.4. The minimum atomic E-state index is -1.62. The Balaban J connectivity index is 1.93. The van der Waals surface area contributed by atoms with Gasteiger partial charge in [-0.3, -0.25) is 0 Å². The molecule has 2 heterocycles. The number of hydrogen-bond acceptors (Lipinski definition) is 13. The lowest BCUT2D eigenvalue weighted by atomic mass is 9.97. The average Bonchev–Trinajstić information content (AvgIpc) is 2.76. The molecule has 13 heteroatoms. The summed E-state index contributed by atoms with van der Waals surface area (Å²) < 4.78 is 32.5. The maximum atomic E-state index is 10.5. The molecule has 0 aliphatic carbocycles. The molecule has 184 valence electrons. The van der Waals surface area contributed by atoms with E-state index in [1.807, 2.05) is 0 Å². The number of rotatable bonds is 12. The van der Waals surface area contributed by atoms with E-state index in [-0.39, 0.29) is 13.2 Å². The molecule has 0 spiro atoms. The molecule has 2 aliphatic heterocycles. The van der Waals surface area contributed by atoms with Gasteiger partial charge in [-0.1, -0.05) is 0 Å². The van der Waals surface area contributed by atoms with Crippen LogP contribution < -0.4 is 5.73 Å². The normalized spacial score (nSPS) is 41.4. The van der Waals surface area contributed by atoms with Gasteiger partial charge in [-0.25, -0.2) is 0 Å². The van der Waals surface area contributed by atoms with Crippen molar-refractivity contribution in [1.82, 2.24) is 0 Å². The molecule has 2 rings (SSSR count). The van der Waals surface area contributed by atoms with Crippen molar-refractivity contribution in [2.75, 3.05) is 46.2 Å². The maximum absolute atomic E-state index is 10.5. The molecule has 2 aliphatic rings. The molecule has 0 saturated carbocycles. The first-order valence-electron chi connectivity index (χ1n) is 10.3. The van der Waals surface area contributed by atoms with Gasteiger partial charge in [0.1, 0.15) is 42.7 Å². The summed E-state index contributed by atoms with van der Waals surface area (Å²) in [6.45, 7) is 2.60. The van der Waals surface area contributed by atoms with Crippen LogP contribution in [0.15, 0.2) is 0 Å². The molecule has 0 aromatic carbocycles. The van der Waals surface area contributed by atoms with Crippen LogP contribution in [0.4, 0.5) is 0 Å². The van der Waals surface area contributed by atoms with E-state index in [0.717, 1.165) is 0 Å². The molecule has 0 unspecified atom stereocenters. The van der Waals surface area contributed by atoms with Gasteiger partial charge in [-0.15, -0.1) is 0 Å². The Morgan fingerprint density at radius 1 is 0.742 bits per heavy atom. The Labute approximate surface area is 180 Å². The minimum absolute atomic E-state index is 0.0220. The standard InChI is InChI=1S/C18H35NO12/c1-9-11(21)13(23)15(25)17(29-9)31-16-14(24)12(22)10(8-20)30-18(16)28-7-6-27-5-4-26-3-2-19/h9-18,20-25H,2-8,19H2,1H3/t9-,10+,11+,12-,13+,14-,15-,16+,17-,18+/m0/s1. The second-order valence-corrected chi connectivity index (χ2v) is 7.37. The van der Waals surface area contributed by atoms with Crippen molar-refractivity contribution in [3.8, 4) is 0 Å². The number of hydrogen-bond donors (Lipinski definition) is 7. The van der Waals surface area contributed by atoms with Crippen molar-refractivity contribution >= 4 is 0 Å². The first kappa shape index (κ1) is 26.7. The van der Waals surface area contributed by atoms with Crippen molar-refractivity contribution in [2.24, 2.45) is 5.73 Å². The smallest absolute Gasteiger partial charge is 0.187 e. The second-order valence-electron chi connectivity index (χ2n) is 7.37. The van der Waals surface area contributed by atoms with Gasteiger partial charge in [0.25, 0.3) is 0 Å². The molecule has 0 radical (unpaired) electrons. The summed E-state index contributed by atoms with van der Waals surface area (Å²) in [6, 6.07) is 0. The molecule has 13 nitrogen and oxygen atoms in total. The van der Waals surface area contributed by atoms with Crippen LogP contribution in [0.3, 0.4) is 0 Å². The number of aliphatic hydroxyl groups excluding tert-OH is 6. The van der Waals surface area contributed by atoms with Gasteiger partial charge >= 0.3 is 0 Å². The summed E-state index contributed by atoms with van der Waals surface area (Å²) in [5, 5.41) is 60.0. The van der Waals surface area contributed by atoms with Crippen molar-refractivity contribution in [1.29, 1.82) is 0 Å². The average molecular weight is 457 g/mol. The number of nitrogens with two attached hydrogens (primary N) is 1. The minimum Gasteiger partial charge on any atom is -0.394 e. The molecule has 10 atom stereocenters. The van der Waals surface area contributed by atoms with E-state index in [4.69, 9.17) is 34.2 Å². The first-order valence-corrected chi connectivity index (χ1v) is 10.3. The van der Waals surface area contributed by atoms with Crippen LogP contribution in [-0.2, 0) is 28.4 Å². The highest BCUT2D eigenvalue weighted by Crippen LogP contribution is 2.29. The van der Waals surface area contributed by atoms with Crippen LogP contribution in [0.1, 0.15) is 6.92 Å². The third-order valence-electron chi connectivity index (χ3n) is 5.07. The molecular formula is C18H35NO12. The van der Waals surface area contributed by atoms with Crippen molar-refractivity contribution in [2.45, 2.75) is 68.3 Å². The quantitative estimate of drug-likeness (QED) is 0.139. The molecular weight excluding hydrogens is 422 g/mol. The van der Waals surface area contributed by atoms with Gasteiger partial charge in [0, 0.05) is 6.54 Å². The van der Waals surface area contributed by atoms with Gasteiger partial charge in [-0.05, 0) is 6.92 Å². The Kier molecular flexibility index (Phi) is 11.4. The molecule has 8 N–H and O–H groups in total. The Bertz CT molecular complexity index is 502. The lowest BCUT2D eigenvalue weighted by Gasteiger charge is -2.45. The fourth-order valence-corrected chi connectivity index (χ4v) is 3.24. The second kappa shape index (κ2) is 13.3. The number of aliphatic hydroxyl groups is 6. The van der Waals surface area contributed by atoms with Gasteiger partial charge in [0.15, 0.2) is 12.6 Å². The maximum Gasteiger partial charge on any atom is 0.187 e. The van der Waals surface area contributed by atoms with Gasteiger partial charge in [0.2, 0.25) is 0 Å². The summed E-state index contributed by atoms with van der Waals surface area (Å²) in [5.74, 6) is 0. The molecule has 0 bridgehead atoms. The lowest BCUT2D eigenvalue weighted by molar-refractivity contribution is -0.365. The predicted octanol–water partition coefficient (Wildman–Crippen LogP) is -4.35. The summed E-state index contributed by atoms with van der Waals surface area (Å²) in [4.78, 5) is 0. The third-order valence-corrected chi connectivity index (χ3v) is 5.07. The SMILES string of the molecule is C[C@@H]1O[C@@H](O[C@H]2[C@H](OCCOCCOCCN)O[C@H](CO)[C@H](O)[C@@H]2O)[C@@H](O)[C@H](O)[C@@H]1O. The van der Waals surface area contributed by atoms with Crippen LogP contribution in [0.2, 0.25) is 0 Å². The molecule has 31 heavy (non-hydrogen) atoms. The lowest BCUT2D eigenvalue weighted by Crippen LogP contribution is -2.64. The highest BCUT2D eigenvalue weighted by atomic mass is 16.8. The summed E-state index contributed by atoms with van der Waals surface area (Å²) in [6.07, 6.45) is -13.6. The van der Waals surface area contributed by atoms with Crippen LogP contribution in [0, 0.1) is 0 Å². The fraction of sp³-hybridized carbons (Fsp3) is 1.00. The van der Waals surface area contributed by atoms with E-state index in [9.17, 15) is 30.6 Å². The van der Waals surface area contributed by atoms with Gasteiger partial charge in [0.05, 0.1) is 45.7 Å². The largest absolute Gasteiger partial charge is 0.394 e. The van der Waals surface area contributed by atoms with Gasteiger partial charge < -0.3 is 64.8 Å². The van der Waals surface area contributed by atoms with E-state index in [1.165, 1.54) is 6.92 Å². The Morgan fingerprint density at radius 3 is 2.03 bits per heavy atom. The van der Waals surface area contributed by atoms with E-state index < -0.39 is 68.0 Å². The monoisotopic (exact) mass is 457 g/mol. The summed E-state index contributed by atoms with van der Waals surface area (Å²) in [5.41, 5.74) is 5.31. The van der Waals surface area contributed by atoms with E-state index in [2.05, 4.69) is 0 Å². The molecule has 2 fully saturated rings. The van der Waals surface area contributed by atoms with Crippen molar-refractivity contribution in [3.05, 3.63) is 0 Å². The van der Waals surface area contributed by atoms with Crippen molar-refractivity contribution in [3.63, 3.8) is 0 Å². The van der Waals surface area contributed by atoms with Crippen LogP contribution >= 0.6 is 0 Å². The third kappa shape index (κ3) is 7.23. The van der Waals surface area contributed by atoms with E-state index in [0.29, 0.717) is 26.4 Å². The molecule has 0 amide bonds. The Hall–Kier alpha value is -0.520. The predicted molar refractivity (Wildman–Crippen MR) is 102 cm³/mol. The topological polar surface area (TPSA) is 203 Å². The first-order chi connectivity index (χ1) is 14.8. The molecule has 0 aromatic heterocycles. The highest BCUT2D eigenvalue weighted by Gasteiger charge is 2.50. The molecule has 2 saturated heterocycles. The van der Waals surface area contributed by atoms with Crippen LogP contribution in [-0.4, -0.2) is 138 Å². The summed E-state index contributed by atoms with van der Waals surface area (Å²) in [7, 11) is 0. The van der Waals surface area contributed by atoms with Crippen LogP contribution in [0.25, 0.3) is 0 Å². The van der Waals surface area contributed by atoms with Gasteiger partial charge in [-0.2, -0.15) is 0 Å². The summed E-state index contributed by atoms with van der Waals surface area (Å²) >= 11 is 0. The number of ether oxygens (including phenoxy) is 6. The van der Waals surface area contributed by atoms with Crippen LogP contribution in [0.5, 0.6) is 0 Å². The zero-order chi connectivity index (χ0) is 23.0. The Morgan fingerprint density at radius 2 is 1.39 bits per heavy atom. The highest BCUT2D eigenvalue weighted by molar-refractivity contribution is 4.93. The van der Waals surface area contributed by atoms with E-state index in [1.54, 1.807) is 0 Å².